The number of ketones is 1. The first-order chi connectivity index (χ1) is 10.8. The van der Waals surface area contributed by atoms with Gasteiger partial charge in [0.15, 0.2) is 0 Å². The molecule has 1 aliphatic carbocycles. The summed E-state index contributed by atoms with van der Waals surface area (Å²) in [6.45, 7) is 5.97. The number of allylic oxidation sites excluding steroid dienone is 1. The summed E-state index contributed by atoms with van der Waals surface area (Å²) >= 11 is 0. The maximum Gasteiger partial charge on any atom is 0.264 e. The van der Waals surface area contributed by atoms with Crippen LogP contribution in [0.1, 0.15) is 38.7 Å². The van der Waals surface area contributed by atoms with E-state index in [0.717, 1.165) is 11.1 Å². The van der Waals surface area contributed by atoms with Gasteiger partial charge in [-0.3, -0.25) is 9.10 Å². The number of fused-ring (bicyclic) bond motifs is 2. The largest absolute Gasteiger partial charge is 0.299 e. The van der Waals surface area contributed by atoms with Gasteiger partial charge in [0.2, 0.25) is 0 Å². The van der Waals surface area contributed by atoms with E-state index in [2.05, 4.69) is 0 Å². The third kappa shape index (κ3) is 2.82. The lowest BCUT2D eigenvalue weighted by atomic mass is 9.75. The van der Waals surface area contributed by atoms with Crippen molar-refractivity contribution in [3.8, 4) is 0 Å². The van der Waals surface area contributed by atoms with Crippen molar-refractivity contribution in [3.05, 3.63) is 41.6 Å². The van der Waals surface area contributed by atoms with Gasteiger partial charge in [0, 0.05) is 24.6 Å². The van der Waals surface area contributed by atoms with Crippen LogP contribution in [-0.2, 0) is 14.8 Å². The highest BCUT2D eigenvalue weighted by molar-refractivity contribution is 7.89. The molecule has 1 aliphatic heterocycles. The Balaban J connectivity index is 2.05. The van der Waals surface area contributed by atoms with Crippen LogP contribution in [0.3, 0.4) is 0 Å². The van der Waals surface area contributed by atoms with Gasteiger partial charge >= 0.3 is 0 Å². The topological polar surface area (TPSA) is 54.5 Å². The third-order valence-electron chi connectivity index (χ3n) is 4.92. The van der Waals surface area contributed by atoms with E-state index in [4.69, 9.17) is 0 Å². The molecule has 0 unspecified atom stereocenters. The van der Waals surface area contributed by atoms with Crippen LogP contribution < -0.4 is 0 Å². The van der Waals surface area contributed by atoms with E-state index in [0.29, 0.717) is 24.2 Å². The van der Waals surface area contributed by atoms with Crippen LogP contribution in [0.25, 0.3) is 0 Å². The van der Waals surface area contributed by atoms with Crippen LogP contribution in [0.4, 0.5) is 0 Å². The van der Waals surface area contributed by atoms with E-state index >= 15 is 0 Å². The Morgan fingerprint density at radius 3 is 2.43 bits per heavy atom. The fourth-order valence-electron chi connectivity index (χ4n) is 3.55. The molecule has 0 N–H and O–H groups in total. The molecule has 23 heavy (non-hydrogen) atoms. The first-order valence-corrected chi connectivity index (χ1v) is 9.59. The van der Waals surface area contributed by atoms with Gasteiger partial charge in [-0.1, -0.05) is 31.5 Å². The fraction of sp³-hybridized carbons (Fsp3) is 0.500. The Labute approximate surface area is 138 Å². The fourth-order valence-corrected chi connectivity index (χ4v) is 5.12. The van der Waals surface area contributed by atoms with E-state index in [9.17, 15) is 13.2 Å². The molecule has 1 heterocycles. The summed E-state index contributed by atoms with van der Waals surface area (Å²) < 4.78 is 27.6. The van der Waals surface area contributed by atoms with Gasteiger partial charge in [0.05, 0.1) is 4.90 Å². The zero-order valence-corrected chi connectivity index (χ0v) is 14.6. The van der Waals surface area contributed by atoms with Gasteiger partial charge < -0.3 is 0 Å². The van der Waals surface area contributed by atoms with Crippen molar-refractivity contribution in [2.75, 3.05) is 0 Å². The van der Waals surface area contributed by atoms with Crippen LogP contribution in [-0.4, -0.2) is 24.5 Å². The monoisotopic (exact) mass is 333 g/mol. The first-order valence-electron chi connectivity index (χ1n) is 8.15. The number of aryl methyl sites for hydroxylation is 1. The third-order valence-corrected chi connectivity index (χ3v) is 6.75. The van der Waals surface area contributed by atoms with Gasteiger partial charge in [-0.15, -0.1) is 0 Å². The van der Waals surface area contributed by atoms with Gasteiger partial charge in [-0.05, 0) is 43.4 Å². The summed E-state index contributed by atoms with van der Waals surface area (Å²) in [7, 11) is -3.57. The van der Waals surface area contributed by atoms with Crippen LogP contribution in [0, 0.1) is 18.8 Å². The molecule has 124 valence electrons. The van der Waals surface area contributed by atoms with Gasteiger partial charge in [-0.25, -0.2) is 8.42 Å². The summed E-state index contributed by atoms with van der Waals surface area (Å²) in [6.07, 6.45) is 3.44. The van der Waals surface area contributed by atoms with Crippen LogP contribution in [0.5, 0.6) is 0 Å². The van der Waals surface area contributed by atoms with Crippen molar-refractivity contribution in [3.63, 3.8) is 0 Å². The molecule has 3 rings (SSSR count). The van der Waals surface area contributed by atoms with E-state index in [-0.39, 0.29) is 23.7 Å². The molecule has 2 bridgehead atoms. The lowest BCUT2D eigenvalue weighted by molar-refractivity contribution is -0.124. The van der Waals surface area contributed by atoms with Crippen molar-refractivity contribution >= 4 is 15.8 Å². The van der Waals surface area contributed by atoms with Crippen molar-refractivity contribution in [2.45, 2.75) is 51.0 Å². The highest BCUT2D eigenvalue weighted by atomic mass is 32.2. The molecule has 1 saturated carbocycles. The Morgan fingerprint density at radius 2 is 1.83 bits per heavy atom. The number of Topliss-reactive ketones (excluding diaryl/α,β-unsaturated/α-hetero) is 1. The summed E-state index contributed by atoms with van der Waals surface area (Å²) in [6, 6.07) is 6.85. The van der Waals surface area contributed by atoms with E-state index < -0.39 is 10.0 Å². The minimum Gasteiger partial charge on any atom is -0.299 e. The maximum atomic E-state index is 13.0. The second-order valence-corrected chi connectivity index (χ2v) is 8.72. The predicted molar refractivity (Wildman–Crippen MR) is 89.3 cm³/mol. The Bertz CT molecular complexity index is 747. The minimum atomic E-state index is -3.57. The molecule has 4 nitrogen and oxygen atoms in total. The molecule has 0 spiro atoms. The highest BCUT2D eigenvalue weighted by Crippen LogP contribution is 2.40. The Morgan fingerprint density at radius 1 is 1.17 bits per heavy atom. The number of carbonyl (C=O) groups excluding carboxylic acids is 1. The lowest BCUT2D eigenvalue weighted by Gasteiger charge is -2.42. The SMILES string of the molecule is Cc1ccc(S(=O)(=O)N2C=C(C(C)C)[C@H]3C[C@@H]2CCC3=O)cc1. The molecule has 0 radical (unpaired) electrons. The van der Waals surface area contributed by atoms with Gasteiger partial charge in [-0.2, -0.15) is 0 Å². The molecule has 1 aromatic rings. The number of nitrogens with zero attached hydrogens (tertiary/aromatic N) is 1. The minimum absolute atomic E-state index is 0.0989. The summed E-state index contributed by atoms with van der Waals surface area (Å²) in [5.41, 5.74) is 1.98. The van der Waals surface area contributed by atoms with Crippen LogP contribution in [0.15, 0.2) is 40.9 Å². The summed E-state index contributed by atoms with van der Waals surface area (Å²) in [5.74, 6) is 0.325. The van der Waals surface area contributed by atoms with Gasteiger partial charge in [0.1, 0.15) is 5.78 Å². The molecule has 0 amide bonds. The molecule has 1 fully saturated rings. The first kappa shape index (κ1) is 16.2. The van der Waals surface area contributed by atoms with E-state index in [1.807, 2.05) is 32.9 Å². The molecule has 5 heteroatoms. The van der Waals surface area contributed by atoms with Crippen molar-refractivity contribution < 1.29 is 13.2 Å². The number of rotatable bonds is 3. The van der Waals surface area contributed by atoms with Gasteiger partial charge in [0.25, 0.3) is 10.0 Å². The molecule has 2 atom stereocenters. The number of sulfonamides is 1. The second kappa shape index (κ2) is 5.78. The van der Waals surface area contributed by atoms with Crippen LogP contribution >= 0.6 is 0 Å². The smallest absolute Gasteiger partial charge is 0.264 e. The molecule has 0 aromatic heterocycles. The maximum absolute atomic E-state index is 13.0. The lowest BCUT2D eigenvalue weighted by Crippen LogP contribution is -2.46. The zero-order chi connectivity index (χ0) is 16.8. The molecule has 1 aromatic carbocycles. The number of carbonyl (C=O) groups is 1. The average molecular weight is 333 g/mol. The number of hydrogen-bond donors (Lipinski definition) is 0. The molecule has 0 saturated heterocycles. The summed E-state index contributed by atoms with van der Waals surface area (Å²) in [5, 5.41) is 0. The van der Waals surface area contributed by atoms with Crippen LogP contribution in [0.2, 0.25) is 0 Å². The molecule has 2 aliphatic rings. The predicted octanol–water partition coefficient (Wildman–Crippen LogP) is 3.28. The Hall–Kier alpha value is -1.62. The quantitative estimate of drug-likeness (QED) is 0.853. The highest BCUT2D eigenvalue weighted by Gasteiger charge is 2.42. The second-order valence-electron chi connectivity index (χ2n) is 6.88. The molecular weight excluding hydrogens is 310 g/mol. The average Bonchev–Trinajstić information content (AvgIpc) is 2.51. The van der Waals surface area contributed by atoms with E-state index in [1.54, 1.807) is 18.3 Å². The van der Waals surface area contributed by atoms with Crippen molar-refractivity contribution in [1.29, 1.82) is 0 Å². The standard InChI is InChI=1S/C18H23NO3S/c1-12(2)17-11-19(14-6-9-18(20)16(17)10-14)23(21,22)15-7-4-13(3)5-8-15/h4-5,7-8,11-12,14,16H,6,9-10H2,1-3H3/t14-,16+/m0/s1. The number of benzene rings is 1. The molecular formula is C18H23NO3S. The number of hydrogen-bond acceptors (Lipinski definition) is 3. The van der Waals surface area contributed by atoms with Crippen molar-refractivity contribution in [2.24, 2.45) is 11.8 Å². The summed E-state index contributed by atoms with van der Waals surface area (Å²) in [4.78, 5) is 12.5. The van der Waals surface area contributed by atoms with E-state index in [1.165, 1.54) is 4.31 Å². The normalized spacial score (nSPS) is 24.8. The van der Waals surface area contributed by atoms with Crippen molar-refractivity contribution in [1.82, 2.24) is 4.31 Å². The zero-order valence-electron chi connectivity index (χ0n) is 13.8. The Kier molecular flexibility index (Phi) is 4.08.